The minimum atomic E-state index is 0.385. The minimum absolute atomic E-state index is 0.385. The molecule has 3 rings (SSSR count). The fourth-order valence-corrected chi connectivity index (χ4v) is 2.48. The lowest BCUT2D eigenvalue weighted by atomic mass is 10.1. The van der Waals surface area contributed by atoms with E-state index in [1.807, 2.05) is 12.1 Å². The monoisotopic (exact) mass is 269 g/mol. The molecule has 0 saturated carbocycles. The van der Waals surface area contributed by atoms with E-state index in [4.69, 9.17) is 4.74 Å². The summed E-state index contributed by atoms with van der Waals surface area (Å²) in [5.41, 5.74) is 1.33. The number of ether oxygens (including phenoxy) is 1. The second-order valence-corrected chi connectivity index (χ2v) is 5.11. The largest absolute Gasteiger partial charge is 0.424 e. The molecule has 1 aromatic heterocycles. The van der Waals surface area contributed by atoms with Gasteiger partial charge in [0.05, 0.1) is 0 Å². The second-order valence-electron chi connectivity index (χ2n) is 5.11. The number of hydrogen-bond donors (Lipinski definition) is 0. The maximum Gasteiger partial charge on any atom is 0.321 e. The van der Waals surface area contributed by atoms with E-state index in [1.54, 1.807) is 18.5 Å². The fraction of sp³-hybridized carbons (Fsp3) is 0.375. The summed E-state index contributed by atoms with van der Waals surface area (Å²) in [6.45, 7) is 3.47. The highest BCUT2D eigenvalue weighted by Crippen LogP contribution is 2.19. The first kappa shape index (κ1) is 13.1. The summed E-state index contributed by atoms with van der Waals surface area (Å²) in [7, 11) is 0. The zero-order valence-corrected chi connectivity index (χ0v) is 11.5. The van der Waals surface area contributed by atoms with Crippen LogP contribution in [-0.2, 0) is 6.54 Å². The fourth-order valence-electron chi connectivity index (χ4n) is 2.48. The zero-order valence-electron chi connectivity index (χ0n) is 11.5. The topological polar surface area (TPSA) is 38.2 Å². The van der Waals surface area contributed by atoms with Crippen molar-refractivity contribution in [2.75, 3.05) is 13.1 Å². The molecule has 0 aliphatic carbocycles. The van der Waals surface area contributed by atoms with Crippen LogP contribution in [0.2, 0.25) is 0 Å². The number of aromatic nitrogens is 2. The van der Waals surface area contributed by atoms with Gasteiger partial charge in [-0.25, -0.2) is 9.97 Å². The lowest BCUT2D eigenvalue weighted by molar-refractivity contribution is 0.221. The standard InChI is InChI=1S/C16H19N3O/c1-2-11-19(12-3-1)13-14-5-7-15(8-6-14)20-16-17-9-4-10-18-16/h4-10H,1-3,11-13H2. The van der Waals surface area contributed by atoms with Crippen LogP contribution >= 0.6 is 0 Å². The normalized spacial score (nSPS) is 16.0. The number of nitrogens with zero attached hydrogens (tertiary/aromatic N) is 3. The highest BCUT2D eigenvalue weighted by molar-refractivity contribution is 5.29. The third kappa shape index (κ3) is 3.54. The molecule has 1 aliphatic heterocycles. The Balaban J connectivity index is 1.59. The van der Waals surface area contributed by atoms with Crippen molar-refractivity contribution in [3.63, 3.8) is 0 Å². The van der Waals surface area contributed by atoms with Crippen LogP contribution in [0.1, 0.15) is 24.8 Å². The number of hydrogen-bond acceptors (Lipinski definition) is 4. The van der Waals surface area contributed by atoms with Crippen molar-refractivity contribution in [2.45, 2.75) is 25.8 Å². The summed E-state index contributed by atoms with van der Waals surface area (Å²) >= 11 is 0. The van der Waals surface area contributed by atoms with Crippen molar-refractivity contribution < 1.29 is 4.74 Å². The van der Waals surface area contributed by atoms with Crippen molar-refractivity contribution in [3.8, 4) is 11.8 Å². The van der Waals surface area contributed by atoms with E-state index < -0.39 is 0 Å². The maximum atomic E-state index is 5.59. The van der Waals surface area contributed by atoms with Gasteiger partial charge < -0.3 is 4.74 Å². The van der Waals surface area contributed by atoms with Gasteiger partial charge in [-0.2, -0.15) is 0 Å². The van der Waals surface area contributed by atoms with E-state index in [0.29, 0.717) is 6.01 Å². The van der Waals surface area contributed by atoms with Crippen molar-refractivity contribution in [3.05, 3.63) is 48.3 Å². The first-order chi connectivity index (χ1) is 9.90. The predicted octanol–water partition coefficient (Wildman–Crippen LogP) is 3.25. The van der Waals surface area contributed by atoms with Gasteiger partial charge in [-0.3, -0.25) is 4.90 Å². The molecule has 0 unspecified atom stereocenters. The smallest absolute Gasteiger partial charge is 0.321 e. The molecule has 4 heteroatoms. The van der Waals surface area contributed by atoms with Crippen LogP contribution in [0.15, 0.2) is 42.7 Å². The summed E-state index contributed by atoms with van der Waals surface area (Å²) in [5.74, 6) is 0.776. The molecule has 0 amide bonds. The Bertz CT molecular complexity index is 521. The molecule has 0 bridgehead atoms. The van der Waals surface area contributed by atoms with Crippen LogP contribution in [0.3, 0.4) is 0 Å². The first-order valence-corrected chi connectivity index (χ1v) is 7.16. The molecule has 1 saturated heterocycles. The van der Waals surface area contributed by atoms with Crippen molar-refractivity contribution in [1.29, 1.82) is 0 Å². The number of piperidine rings is 1. The molecular weight excluding hydrogens is 250 g/mol. The molecular formula is C16H19N3O. The van der Waals surface area contributed by atoms with Crippen LogP contribution in [0, 0.1) is 0 Å². The Morgan fingerprint density at radius 2 is 1.65 bits per heavy atom. The number of benzene rings is 1. The molecule has 1 aromatic carbocycles. The average molecular weight is 269 g/mol. The van der Waals surface area contributed by atoms with E-state index >= 15 is 0 Å². The minimum Gasteiger partial charge on any atom is -0.424 e. The lowest BCUT2D eigenvalue weighted by Crippen LogP contribution is -2.28. The van der Waals surface area contributed by atoms with Gasteiger partial charge in [-0.15, -0.1) is 0 Å². The molecule has 2 heterocycles. The van der Waals surface area contributed by atoms with E-state index in [-0.39, 0.29) is 0 Å². The third-order valence-electron chi connectivity index (χ3n) is 3.53. The Morgan fingerprint density at radius 1 is 0.950 bits per heavy atom. The van der Waals surface area contributed by atoms with Crippen LogP contribution in [0.25, 0.3) is 0 Å². The van der Waals surface area contributed by atoms with Gasteiger partial charge in [0.25, 0.3) is 0 Å². The van der Waals surface area contributed by atoms with Gasteiger partial charge in [0.15, 0.2) is 0 Å². The third-order valence-corrected chi connectivity index (χ3v) is 3.53. The second kappa shape index (κ2) is 6.48. The predicted molar refractivity (Wildman–Crippen MR) is 77.7 cm³/mol. The molecule has 0 N–H and O–H groups in total. The van der Waals surface area contributed by atoms with Crippen LogP contribution in [0.4, 0.5) is 0 Å². The highest BCUT2D eigenvalue weighted by atomic mass is 16.5. The lowest BCUT2D eigenvalue weighted by Gasteiger charge is -2.26. The summed E-state index contributed by atoms with van der Waals surface area (Å²) < 4.78 is 5.59. The average Bonchev–Trinajstić information content (AvgIpc) is 2.51. The molecule has 1 aliphatic rings. The van der Waals surface area contributed by atoms with Gasteiger partial charge in [-0.05, 0) is 49.7 Å². The summed E-state index contributed by atoms with van der Waals surface area (Å²) in [4.78, 5) is 10.6. The molecule has 20 heavy (non-hydrogen) atoms. The zero-order chi connectivity index (χ0) is 13.6. The summed E-state index contributed by atoms with van der Waals surface area (Å²) in [6.07, 6.45) is 7.37. The van der Waals surface area contributed by atoms with Crippen molar-refractivity contribution >= 4 is 0 Å². The molecule has 1 fully saturated rings. The van der Waals surface area contributed by atoms with Gasteiger partial charge in [-0.1, -0.05) is 18.6 Å². The molecule has 4 nitrogen and oxygen atoms in total. The Morgan fingerprint density at radius 3 is 2.35 bits per heavy atom. The van der Waals surface area contributed by atoms with Gasteiger partial charge in [0, 0.05) is 18.9 Å². The van der Waals surface area contributed by atoms with Crippen LogP contribution < -0.4 is 4.74 Å². The van der Waals surface area contributed by atoms with Crippen LogP contribution in [-0.4, -0.2) is 28.0 Å². The highest BCUT2D eigenvalue weighted by Gasteiger charge is 2.10. The van der Waals surface area contributed by atoms with E-state index in [1.165, 1.54) is 37.9 Å². The SMILES string of the molecule is c1cnc(Oc2ccc(CN3CCCCC3)cc2)nc1. The quantitative estimate of drug-likeness (QED) is 0.854. The van der Waals surface area contributed by atoms with Crippen molar-refractivity contribution in [2.24, 2.45) is 0 Å². The summed E-state index contributed by atoms with van der Waals surface area (Å²) in [6, 6.07) is 10.4. The van der Waals surface area contributed by atoms with E-state index in [0.717, 1.165) is 12.3 Å². The van der Waals surface area contributed by atoms with Gasteiger partial charge >= 0.3 is 6.01 Å². The molecule has 2 aromatic rings. The van der Waals surface area contributed by atoms with E-state index in [2.05, 4.69) is 27.0 Å². The maximum absolute atomic E-state index is 5.59. The Labute approximate surface area is 119 Å². The number of rotatable bonds is 4. The van der Waals surface area contributed by atoms with Gasteiger partial charge in [0.2, 0.25) is 0 Å². The Kier molecular flexibility index (Phi) is 4.23. The molecule has 0 atom stereocenters. The van der Waals surface area contributed by atoms with E-state index in [9.17, 15) is 0 Å². The summed E-state index contributed by atoms with van der Waals surface area (Å²) in [5, 5.41) is 0. The molecule has 0 radical (unpaired) electrons. The van der Waals surface area contributed by atoms with Gasteiger partial charge in [0.1, 0.15) is 5.75 Å². The Hall–Kier alpha value is -1.94. The molecule has 104 valence electrons. The first-order valence-electron chi connectivity index (χ1n) is 7.16. The van der Waals surface area contributed by atoms with Crippen LogP contribution in [0.5, 0.6) is 11.8 Å². The number of likely N-dealkylation sites (tertiary alicyclic amines) is 1. The molecule has 0 spiro atoms. The van der Waals surface area contributed by atoms with Crippen molar-refractivity contribution in [1.82, 2.24) is 14.9 Å².